The molecule has 3 aromatic rings. The molecule has 6 nitrogen and oxygen atoms in total. The third-order valence-electron chi connectivity index (χ3n) is 3.54. The molecule has 0 aliphatic heterocycles. The minimum atomic E-state index is -2.98. The summed E-state index contributed by atoms with van der Waals surface area (Å²) in [6.07, 6.45) is 1.63. The smallest absolute Gasteiger partial charge is 0.387 e. The van der Waals surface area contributed by atoms with Crippen molar-refractivity contribution in [1.82, 2.24) is 9.38 Å². The first kappa shape index (κ1) is 20.3. The number of aromatic nitrogens is 2. The van der Waals surface area contributed by atoms with Crippen LogP contribution in [0.2, 0.25) is 0 Å². The Morgan fingerprint density at radius 1 is 1.29 bits per heavy atom. The lowest BCUT2D eigenvalue weighted by Crippen LogP contribution is -2.17. The van der Waals surface area contributed by atoms with Crippen molar-refractivity contribution >= 4 is 44.9 Å². The number of rotatable bonds is 7. The molecule has 3 rings (SSSR count). The van der Waals surface area contributed by atoms with Crippen LogP contribution in [0.25, 0.3) is 5.65 Å². The maximum Gasteiger partial charge on any atom is 0.387 e. The fraction of sp³-hybridized carbons (Fsp3) is 0.167. The SMILES string of the molecule is O=C(CSCc1cc(=O)n2cc(Br)ccc2n1)Nc1ccccc1OC(F)F. The number of hydrogen-bond donors (Lipinski definition) is 1. The Labute approximate surface area is 171 Å². The fourth-order valence-corrected chi connectivity index (χ4v) is 3.46. The number of alkyl halides is 2. The van der Waals surface area contributed by atoms with E-state index in [9.17, 15) is 18.4 Å². The van der Waals surface area contributed by atoms with Gasteiger partial charge in [-0.05, 0) is 40.2 Å². The molecule has 10 heteroatoms. The molecule has 0 saturated carbocycles. The van der Waals surface area contributed by atoms with Gasteiger partial charge >= 0.3 is 6.61 Å². The highest BCUT2D eigenvalue weighted by atomic mass is 79.9. The van der Waals surface area contributed by atoms with Gasteiger partial charge in [0.15, 0.2) is 0 Å². The van der Waals surface area contributed by atoms with Gasteiger partial charge < -0.3 is 10.1 Å². The summed E-state index contributed by atoms with van der Waals surface area (Å²) in [6.45, 7) is -2.98. The maximum absolute atomic E-state index is 12.4. The highest BCUT2D eigenvalue weighted by Gasteiger charge is 2.12. The fourth-order valence-electron chi connectivity index (χ4n) is 2.40. The van der Waals surface area contributed by atoms with E-state index in [4.69, 9.17) is 0 Å². The predicted octanol–water partition coefficient (Wildman–Crippen LogP) is 3.93. The van der Waals surface area contributed by atoms with E-state index in [-0.39, 0.29) is 28.7 Å². The summed E-state index contributed by atoms with van der Waals surface area (Å²) in [4.78, 5) is 28.6. The lowest BCUT2D eigenvalue weighted by molar-refractivity contribution is -0.113. The van der Waals surface area contributed by atoms with Gasteiger partial charge in [0, 0.05) is 22.5 Å². The summed E-state index contributed by atoms with van der Waals surface area (Å²) in [5.74, 6) is -0.0718. The van der Waals surface area contributed by atoms with Crippen molar-refractivity contribution in [2.45, 2.75) is 12.4 Å². The summed E-state index contributed by atoms with van der Waals surface area (Å²) in [6, 6.07) is 10.9. The highest BCUT2D eigenvalue weighted by Crippen LogP contribution is 2.25. The molecule has 0 fully saturated rings. The Morgan fingerprint density at radius 3 is 2.86 bits per heavy atom. The number of para-hydroxylation sites is 2. The van der Waals surface area contributed by atoms with Crippen LogP contribution in [0.1, 0.15) is 5.69 Å². The molecular weight excluding hydrogens is 456 g/mol. The molecule has 0 aliphatic carbocycles. The van der Waals surface area contributed by atoms with Crippen LogP contribution >= 0.6 is 27.7 Å². The molecule has 0 unspecified atom stereocenters. The van der Waals surface area contributed by atoms with Gasteiger partial charge in [0.25, 0.3) is 5.56 Å². The topological polar surface area (TPSA) is 72.7 Å². The van der Waals surface area contributed by atoms with Gasteiger partial charge in [0.2, 0.25) is 5.91 Å². The molecule has 1 amide bonds. The number of ether oxygens (including phenoxy) is 1. The zero-order valence-electron chi connectivity index (χ0n) is 14.3. The average molecular weight is 470 g/mol. The van der Waals surface area contributed by atoms with Crippen molar-refractivity contribution in [2.75, 3.05) is 11.1 Å². The number of pyridine rings is 1. The quantitative estimate of drug-likeness (QED) is 0.567. The molecule has 28 heavy (non-hydrogen) atoms. The Balaban J connectivity index is 1.60. The van der Waals surface area contributed by atoms with Crippen LogP contribution in [0.3, 0.4) is 0 Å². The Morgan fingerprint density at radius 2 is 2.07 bits per heavy atom. The van der Waals surface area contributed by atoms with E-state index >= 15 is 0 Å². The predicted molar refractivity (Wildman–Crippen MR) is 107 cm³/mol. The second kappa shape index (κ2) is 9.16. The van der Waals surface area contributed by atoms with Crippen molar-refractivity contribution in [1.29, 1.82) is 0 Å². The summed E-state index contributed by atoms with van der Waals surface area (Å²) in [7, 11) is 0. The monoisotopic (exact) mass is 469 g/mol. The summed E-state index contributed by atoms with van der Waals surface area (Å²) < 4.78 is 31.4. The van der Waals surface area contributed by atoms with E-state index in [1.165, 1.54) is 40.4 Å². The minimum Gasteiger partial charge on any atom is -0.433 e. The number of fused-ring (bicyclic) bond motifs is 1. The Bertz CT molecular complexity index is 1060. The summed E-state index contributed by atoms with van der Waals surface area (Å²) >= 11 is 4.55. The van der Waals surface area contributed by atoms with Crippen LogP contribution in [0.15, 0.2) is 57.9 Å². The third kappa shape index (κ3) is 5.29. The van der Waals surface area contributed by atoms with Crippen LogP contribution in [-0.4, -0.2) is 27.7 Å². The minimum absolute atomic E-state index is 0.0599. The van der Waals surface area contributed by atoms with Crippen molar-refractivity contribution in [2.24, 2.45) is 0 Å². The number of amides is 1. The second-order valence-corrected chi connectivity index (χ2v) is 7.48. The first-order chi connectivity index (χ1) is 13.4. The molecule has 2 aromatic heterocycles. The number of thioether (sulfide) groups is 1. The normalized spacial score (nSPS) is 11.0. The highest BCUT2D eigenvalue weighted by molar-refractivity contribution is 9.10. The Hall–Kier alpha value is -2.46. The number of anilines is 1. The van der Waals surface area contributed by atoms with Crippen LogP contribution < -0.4 is 15.6 Å². The van der Waals surface area contributed by atoms with Gasteiger partial charge in [-0.25, -0.2) is 4.98 Å². The Kier molecular flexibility index (Phi) is 6.63. The van der Waals surface area contributed by atoms with Crippen molar-refractivity contribution in [3.05, 3.63) is 69.2 Å². The van der Waals surface area contributed by atoms with Crippen LogP contribution in [0.5, 0.6) is 5.75 Å². The first-order valence-corrected chi connectivity index (χ1v) is 9.96. The summed E-state index contributed by atoms with van der Waals surface area (Å²) in [5, 5.41) is 2.54. The van der Waals surface area contributed by atoms with E-state index < -0.39 is 6.61 Å². The number of carbonyl (C=O) groups is 1. The molecular formula is C18H14BrF2N3O3S. The van der Waals surface area contributed by atoms with Gasteiger partial charge in [0.05, 0.1) is 17.1 Å². The van der Waals surface area contributed by atoms with Gasteiger partial charge in [-0.2, -0.15) is 8.78 Å². The molecule has 1 aromatic carbocycles. The standard InChI is InChI=1S/C18H14BrF2N3O3S/c19-11-5-6-15-22-12(7-17(26)24(15)8-11)9-28-10-16(25)23-13-3-1-2-4-14(13)27-18(20)21/h1-8,18H,9-10H2,(H,23,25). The van der Waals surface area contributed by atoms with Crippen LogP contribution in [0.4, 0.5) is 14.5 Å². The number of carbonyl (C=O) groups excluding carboxylic acids is 1. The van der Waals surface area contributed by atoms with E-state index in [0.717, 1.165) is 4.47 Å². The van der Waals surface area contributed by atoms with Gasteiger partial charge in [0.1, 0.15) is 11.4 Å². The lowest BCUT2D eigenvalue weighted by Gasteiger charge is -2.11. The number of nitrogens with one attached hydrogen (secondary N) is 1. The first-order valence-electron chi connectivity index (χ1n) is 8.01. The van der Waals surface area contributed by atoms with Crippen molar-refractivity contribution in [3.63, 3.8) is 0 Å². The van der Waals surface area contributed by atoms with E-state index in [0.29, 0.717) is 17.1 Å². The van der Waals surface area contributed by atoms with Gasteiger partial charge in [-0.3, -0.25) is 14.0 Å². The molecule has 0 aliphatic rings. The zero-order valence-corrected chi connectivity index (χ0v) is 16.7. The largest absolute Gasteiger partial charge is 0.433 e. The number of halogens is 3. The molecule has 1 N–H and O–H groups in total. The average Bonchev–Trinajstić information content (AvgIpc) is 2.64. The number of benzene rings is 1. The number of nitrogens with zero attached hydrogens (tertiary/aromatic N) is 2. The second-order valence-electron chi connectivity index (χ2n) is 5.58. The zero-order chi connectivity index (χ0) is 20.1. The molecule has 0 spiro atoms. The van der Waals surface area contributed by atoms with Crippen molar-refractivity contribution in [3.8, 4) is 5.75 Å². The third-order valence-corrected chi connectivity index (χ3v) is 4.97. The summed E-state index contributed by atoms with van der Waals surface area (Å²) in [5.41, 5.74) is 1.01. The van der Waals surface area contributed by atoms with Crippen molar-refractivity contribution < 1.29 is 18.3 Å². The van der Waals surface area contributed by atoms with Crippen LogP contribution in [0, 0.1) is 0 Å². The van der Waals surface area contributed by atoms with Gasteiger partial charge in [-0.1, -0.05) is 12.1 Å². The molecule has 146 valence electrons. The molecule has 2 heterocycles. The molecule has 0 saturated heterocycles. The maximum atomic E-state index is 12.4. The van der Waals surface area contributed by atoms with E-state index in [1.807, 2.05) is 0 Å². The number of hydrogen-bond acceptors (Lipinski definition) is 5. The van der Waals surface area contributed by atoms with Gasteiger partial charge in [-0.15, -0.1) is 11.8 Å². The van der Waals surface area contributed by atoms with Crippen LogP contribution in [-0.2, 0) is 10.5 Å². The van der Waals surface area contributed by atoms with E-state index in [2.05, 4.69) is 31.0 Å². The lowest BCUT2D eigenvalue weighted by atomic mass is 10.3. The molecule has 0 atom stereocenters. The molecule has 0 radical (unpaired) electrons. The van der Waals surface area contributed by atoms with E-state index in [1.54, 1.807) is 24.4 Å². The molecule has 0 bridgehead atoms.